The fourth-order valence-corrected chi connectivity index (χ4v) is 4.78. The van der Waals surface area contributed by atoms with Crippen molar-refractivity contribution in [1.82, 2.24) is 14.8 Å². The van der Waals surface area contributed by atoms with Crippen LogP contribution in [0.4, 0.5) is 5.00 Å². The molecule has 0 saturated carbocycles. The predicted octanol–water partition coefficient (Wildman–Crippen LogP) is 3.68. The Balaban J connectivity index is 1.66. The fourth-order valence-electron chi connectivity index (χ4n) is 2.32. The van der Waals surface area contributed by atoms with Crippen molar-refractivity contribution >= 4 is 51.3 Å². The summed E-state index contributed by atoms with van der Waals surface area (Å²) in [6.45, 7) is 1.99. The Hall–Kier alpha value is -2.17. The van der Waals surface area contributed by atoms with E-state index in [1.807, 2.05) is 36.1 Å². The molecule has 0 spiro atoms. The van der Waals surface area contributed by atoms with Gasteiger partial charge in [0.2, 0.25) is 5.91 Å². The van der Waals surface area contributed by atoms with Crippen LogP contribution in [0.5, 0.6) is 0 Å². The maximum atomic E-state index is 12.4. The highest BCUT2D eigenvalue weighted by atomic mass is 32.2. The molecular weight excluding hydrogens is 404 g/mol. The number of hydrogen-bond acceptors (Lipinski definition) is 8. The Morgan fingerprint density at radius 2 is 2.19 bits per heavy atom. The number of aryl methyl sites for hydroxylation is 1. The molecule has 1 N–H and O–H groups in total. The van der Waals surface area contributed by atoms with E-state index < -0.39 is 5.97 Å². The Bertz CT molecular complexity index is 947. The van der Waals surface area contributed by atoms with Gasteiger partial charge in [0.25, 0.3) is 0 Å². The minimum Gasteiger partial charge on any atom is -0.465 e. The molecule has 3 aromatic rings. The fraction of sp³-hybridized carbons (Fsp3) is 0.294. The zero-order chi connectivity index (χ0) is 19.4. The van der Waals surface area contributed by atoms with Crippen LogP contribution in [0.3, 0.4) is 0 Å². The maximum absolute atomic E-state index is 12.4. The molecule has 27 heavy (non-hydrogen) atoms. The zero-order valence-electron chi connectivity index (χ0n) is 15.0. The highest BCUT2D eigenvalue weighted by Gasteiger charge is 2.19. The summed E-state index contributed by atoms with van der Waals surface area (Å²) in [6, 6.07) is 5.70. The second-order valence-electron chi connectivity index (χ2n) is 5.48. The number of carbonyl (C=O) groups is 2. The monoisotopic (exact) mass is 422 g/mol. The molecule has 7 nitrogen and oxygen atoms in total. The van der Waals surface area contributed by atoms with Gasteiger partial charge in [0, 0.05) is 11.9 Å². The molecule has 1 amide bonds. The van der Waals surface area contributed by atoms with Crippen molar-refractivity contribution < 1.29 is 14.3 Å². The number of amides is 1. The van der Waals surface area contributed by atoms with Crippen molar-refractivity contribution in [2.75, 3.05) is 18.2 Å². The quantitative estimate of drug-likeness (QED) is 0.462. The summed E-state index contributed by atoms with van der Waals surface area (Å²) in [5.41, 5.74) is 0.385. The number of ether oxygens (including phenoxy) is 1. The lowest BCUT2D eigenvalue weighted by Gasteiger charge is -2.05. The van der Waals surface area contributed by atoms with Gasteiger partial charge in [-0.1, -0.05) is 24.8 Å². The van der Waals surface area contributed by atoms with Gasteiger partial charge in [0.05, 0.1) is 23.3 Å². The Labute approximate surface area is 168 Å². The topological polar surface area (TPSA) is 86.1 Å². The van der Waals surface area contributed by atoms with Gasteiger partial charge >= 0.3 is 5.97 Å². The largest absolute Gasteiger partial charge is 0.465 e. The van der Waals surface area contributed by atoms with E-state index in [0.717, 1.165) is 22.0 Å². The molecule has 0 aliphatic carbocycles. The number of thiophene rings is 2. The Morgan fingerprint density at radius 3 is 2.85 bits per heavy atom. The molecule has 3 heterocycles. The zero-order valence-corrected chi connectivity index (χ0v) is 17.5. The highest BCUT2D eigenvalue weighted by Crippen LogP contribution is 2.30. The third-order valence-electron chi connectivity index (χ3n) is 3.70. The Morgan fingerprint density at radius 1 is 1.37 bits per heavy atom. The van der Waals surface area contributed by atoms with Gasteiger partial charge in [-0.3, -0.25) is 4.79 Å². The SMILES string of the molecule is CCc1cc(C(=O)OC)c(NC(=O)CSc2nnc(-c3cccs3)n2C)s1. The molecule has 0 aliphatic heterocycles. The van der Waals surface area contributed by atoms with E-state index in [0.29, 0.717) is 15.7 Å². The van der Waals surface area contributed by atoms with Crippen LogP contribution in [0.15, 0.2) is 28.7 Å². The van der Waals surface area contributed by atoms with Gasteiger partial charge in [0.1, 0.15) is 5.00 Å². The van der Waals surface area contributed by atoms with Gasteiger partial charge in [-0.05, 0) is 23.9 Å². The molecule has 0 bridgehead atoms. The number of thioether (sulfide) groups is 1. The van der Waals surface area contributed by atoms with Gasteiger partial charge in [-0.2, -0.15) is 0 Å². The Kier molecular flexibility index (Phi) is 6.30. The van der Waals surface area contributed by atoms with Crippen LogP contribution >= 0.6 is 34.4 Å². The van der Waals surface area contributed by atoms with Crippen LogP contribution in [0, 0.1) is 0 Å². The van der Waals surface area contributed by atoms with E-state index >= 15 is 0 Å². The molecule has 0 saturated heterocycles. The first-order chi connectivity index (χ1) is 13.0. The van der Waals surface area contributed by atoms with Crippen LogP contribution in [0.25, 0.3) is 10.7 Å². The number of carbonyl (C=O) groups excluding carboxylic acids is 2. The molecule has 3 aromatic heterocycles. The summed E-state index contributed by atoms with van der Waals surface area (Å²) in [5.74, 6) is 0.265. The molecule has 0 fully saturated rings. The highest BCUT2D eigenvalue weighted by molar-refractivity contribution is 7.99. The van der Waals surface area contributed by atoms with Crippen LogP contribution in [0.1, 0.15) is 22.2 Å². The minimum atomic E-state index is -0.456. The summed E-state index contributed by atoms with van der Waals surface area (Å²) >= 11 is 4.27. The number of nitrogens with zero attached hydrogens (tertiary/aromatic N) is 3. The number of esters is 1. The average Bonchev–Trinajstić information content (AvgIpc) is 3.39. The normalized spacial score (nSPS) is 10.8. The predicted molar refractivity (Wildman–Crippen MR) is 109 cm³/mol. The molecule has 0 atom stereocenters. The molecule has 3 rings (SSSR count). The summed E-state index contributed by atoms with van der Waals surface area (Å²) < 4.78 is 6.66. The first-order valence-electron chi connectivity index (χ1n) is 8.10. The first kappa shape index (κ1) is 19.6. The lowest BCUT2D eigenvalue weighted by atomic mass is 10.2. The summed E-state index contributed by atoms with van der Waals surface area (Å²) in [5, 5.41) is 14.3. The average molecular weight is 423 g/mol. The van der Waals surface area contributed by atoms with Crippen molar-refractivity contribution in [3.63, 3.8) is 0 Å². The molecule has 142 valence electrons. The number of aromatic nitrogens is 3. The first-order valence-corrected chi connectivity index (χ1v) is 10.8. The maximum Gasteiger partial charge on any atom is 0.340 e. The molecular formula is C17H18N4O3S3. The van der Waals surface area contributed by atoms with Crippen molar-refractivity contribution in [1.29, 1.82) is 0 Å². The van der Waals surface area contributed by atoms with E-state index in [1.165, 1.54) is 30.2 Å². The van der Waals surface area contributed by atoms with Crippen molar-refractivity contribution in [2.24, 2.45) is 7.05 Å². The molecule has 0 radical (unpaired) electrons. The number of rotatable bonds is 7. The van der Waals surface area contributed by atoms with Crippen LogP contribution < -0.4 is 5.32 Å². The lowest BCUT2D eigenvalue weighted by molar-refractivity contribution is -0.113. The second kappa shape index (κ2) is 8.68. The number of methoxy groups -OCH3 is 1. The van der Waals surface area contributed by atoms with Crippen LogP contribution in [0.2, 0.25) is 0 Å². The second-order valence-corrected chi connectivity index (χ2v) is 8.51. The summed E-state index contributed by atoms with van der Waals surface area (Å²) in [7, 11) is 3.20. The van der Waals surface area contributed by atoms with E-state index in [4.69, 9.17) is 4.74 Å². The number of anilines is 1. The van der Waals surface area contributed by atoms with Gasteiger partial charge in [-0.25, -0.2) is 4.79 Å². The minimum absolute atomic E-state index is 0.163. The van der Waals surface area contributed by atoms with Gasteiger partial charge < -0.3 is 14.6 Å². The standard InChI is InChI=1S/C17H18N4O3S3/c1-4-10-8-11(16(23)24-3)15(27-10)18-13(22)9-26-17-20-19-14(21(17)2)12-6-5-7-25-12/h5-8H,4,9H2,1-3H3,(H,18,22). The van der Waals surface area contributed by atoms with E-state index in [2.05, 4.69) is 15.5 Å². The molecule has 0 unspecified atom stereocenters. The van der Waals surface area contributed by atoms with Crippen LogP contribution in [-0.4, -0.2) is 39.5 Å². The smallest absolute Gasteiger partial charge is 0.340 e. The van der Waals surface area contributed by atoms with Gasteiger partial charge in [-0.15, -0.1) is 32.9 Å². The van der Waals surface area contributed by atoms with E-state index in [9.17, 15) is 9.59 Å². The number of hydrogen-bond donors (Lipinski definition) is 1. The van der Waals surface area contributed by atoms with Crippen LogP contribution in [-0.2, 0) is 23.0 Å². The molecule has 0 aromatic carbocycles. The summed E-state index contributed by atoms with van der Waals surface area (Å²) in [6.07, 6.45) is 0.781. The van der Waals surface area contributed by atoms with Crippen molar-refractivity contribution in [2.45, 2.75) is 18.5 Å². The summed E-state index contributed by atoms with van der Waals surface area (Å²) in [4.78, 5) is 26.3. The lowest BCUT2D eigenvalue weighted by Crippen LogP contribution is -2.16. The van der Waals surface area contributed by atoms with Crippen molar-refractivity contribution in [3.05, 3.63) is 34.0 Å². The van der Waals surface area contributed by atoms with Crippen molar-refractivity contribution in [3.8, 4) is 10.7 Å². The molecule has 10 heteroatoms. The number of nitrogens with one attached hydrogen (secondary N) is 1. The van der Waals surface area contributed by atoms with E-state index in [-0.39, 0.29) is 11.7 Å². The van der Waals surface area contributed by atoms with E-state index in [1.54, 1.807) is 17.4 Å². The molecule has 0 aliphatic rings. The van der Waals surface area contributed by atoms with Gasteiger partial charge in [0.15, 0.2) is 11.0 Å². The third-order valence-corrected chi connectivity index (χ3v) is 6.78. The third kappa shape index (κ3) is 4.40.